The summed E-state index contributed by atoms with van der Waals surface area (Å²) in [4.78, 5) is 5.63. The van der Waals surface area contributed by atoms with Crippen LogP contribution < -0.4 is 32.1 Å². The largest absolute Gasteiger partial charge is 0.377 e. The van der Waals surface area contributed by atoms with Gasteiger partial charge in [-0.1, -0.05) is 184 Å². The van der Waals surface area contributed by atoms with Crippen LogP contribution in [0.5, 0.6) is 0 Å². The van der Waals surface area contributed by atoms with Crippen LogP contribution in [0.1, 0.15) is 104 Å². The molecule has 12 rings (SSSR count). The van der Waals surface area contributed by atoms with E-state index >= 15 is 0 Å². The van der Waals surface area contributed by atoms with E-state index in [1.54, 1.807) is 0 Å². The molecule has 0 fully saturated rings. The molecular weight excluding hydrogens is 728 g/mol. The first-order valence-electron chi connectivity index (χ1n) is 21.7. The highest BCUT2D eigenvalue weighted by atomic mass is 32.2. The summed E-state index contributed by atoms with van der Waals surface area (Å²) in [5, 5.41) is 2.68. The van der Waals surface area contributed by atoms with Gasteiger partial charge in [-0.3, -0.25) is 0 Å². The van der Waals surface area contributed by atoms with E-state index in [1.165, 1.54) is 120 Å². The third-order valence-electron chi connectivity index (χ3n) is 14.8. The Hall–Kier alpha value is -4.92. The third-order valence-corrected chi connectivity index (χ3v) is 15.9. The molecule has 1 nitrogen and oxygen atoms in total. The first kappa shape index (κ1) is 36.0. The Morgan fingerprint density at radius 2 is 1.12 bits per heavy atom. The predicted octanol–water partition coefficient (Wildman–Crippen LogP) is 11.2. The zero-order chi connectivity index (χ0) is 40.9. The lowest BCUT2D eigenvalue weighted by Gasteiger charge is -2.51. The molecule has 0 unspecified atom stereocenters. The van der Waals surface area contributed by atoms with Gasteiger partial charge in [0.05, 0.1) is 0 Å². The van der Waals surface area contributed by atoms with Crippen LogP contribution in [0, 0.1) is 0 Å². The zero-order valence-electron chi connectivity index (χ0n) is 36.4. The molecule has 0 saturated heterocycles. The summed E-state index contributed by atoms with van der Waals surface area (Å²) < 4.78 is 0. The second kappa shape index (κ2) is 11.3. The highest BCUT2D eigenvalue weighted by molar-refractivity contribution is 8.00. The van der Waals surface area contributed by atoms with Crippen LogP contribution in [0.2, 0.25) is 0 Å². The van der Waals surface area contributed by atoms with E-state index < -0.39 is 0 Å². The lowest BCUT2D eigenvalue weighted by Crippen LogP contribution is -2.69. The maximum atomic E-state index is 2.83. The van der Waals surface area contributed by atoms with Crippen LogP contribution in [-0.4, -0.2) is 13.6 Å². The molecule has 0 saturated carbocycles. The molecule has 0 N–H and O–H groups in total. The van der Waals surface area contributed by atoms with E-state index in [0.29, 0.717) is 0 Å². The van der Waals surface area contributed by atoms with Gasteiger partial charge in [0.15, 0.2) is 0 Å². The summed E-state index contributed by atoms with van der Waals surface area (Å²) >= 11 is 2.00. The van der Waals surface area contributed by atoms with Crippen molar-refractivity contribution in [2.75, 3.05) is 4.81 Å². The first-order valence-corrected chi connectivity index (χ1v) is 22.6. The van der Waals surface area contributed by atoms with Crippen molar-refractivity contribution < 1.29 is 0 Å². The summed E-state index contributed by atoms with van der Waals surface area (Å²) in [5.41, 5.74) is 25.5. The Balaban J connectivity index is 1.22. The Morgan fingerprint density at radius 3 is 1.80 bits per heavy atom. The maximum absolute atomic E-state index is 2.83. The Labute approximate surface area is 355 Å². The molecule has 0 bridgehead atoms. The Bertz CT molecular complexity index is 3080. The van der Waals surface area contributed by atoms with Gasteiger partial charge < -0.3 is 4.81 Å². The van der Waals surface area contributed by atoms with Crippen molar-refractivity contribution in [3.63, 3.8) is 0 Å². The van der Waals surface area contributed by atoms with Crippen molar-refractivity contribution in [3.8, 4) is 33.4 Å². The van der Waals surface area contributed by atoms with E-state index in [0.717, 1.165) is 0 Å². The second-order valence-electron chi connectivity index (χ2n) is 21.8. The topological polar surface area (TPSA) is 3.24 Å². The SMILES string of the molecule is CC(C)(C)c1ccc2c(c1)B1c3cc(C(C)(C)C)ccc3-c3ccc4c5c3N1c1c(cc(C(C)(C)C)cc1-2)B5c1cc2c(cc1S4)C(C)(C)c1ccc3ccccc3c1-2. The van der Waals surface area contributed by atoms with Gasteiger partial charge in [0, 0.05) is 37.7 Å². The second-order valence-corrected chi connectivity index (χ2v) is 22.9. The molecule has 7 aromatic rings. The maximum Gasteiger partial charge on any atom is 0.329 e. The smallest absolute Gasteiger partial charge is 0.329 e. The van der Waals surface area contributed by atoms with E-state index in [-0.39, 0.29) is 35.2 Å². The average Bonchev–Trinajstić information content (AvgIpc) is 3.42. The van der Waals surface area contributed by atoms with Crippen LogP contribution in [0.4, 0.5) is 11.4 Å². The molecular formula is C55H51B2NS. The molecule has 59 heavy (non-hydrogen) atoms. The molecule has 0 radical (unpaired) electrons. The third kappa shape index (κ3) is 4.68. The van der Waals surface area contributed by atoms with Gasteiger partial charge in [0.25, 0.3) is 0 Å². The van der Waals surface area contributed by atoms with Crippen LogP contribution in [-0.2, 0) is 21.7 Å². The summed E-state index contributed by atoms with van der Waals surface area (Å²) in [6.07, 6.45) is 0. The summed E-state index contributed by atoms with van der Waals surface area (Å²) in [6.45, 7) is 26.4. The van der Waals surface area contributed by atoms with E-state index in [2.05, 4.69) is 190 Å². The fraction of sp³-hybridized carbons (Fsp3) is 0.273. The molecule has 4 heteroatoms. The summed E-state index contributed by atoms with van der Waals surface area (Å²) in [6, 6.07) is 44.0. The van der Waals surface area contributed by atoms with Gasteiger partial charge in [0.2, 0.25) is 6.71 Å². The molecule has 5 aliphatic rings. The Kier molecular flexibility index (Phi) is 6.87. The molecule has 1 aliphatic carbocycles. The fourth-order valence-corrected chi connectivity index (χ4v) is 12.7. The number of fused-ring (bicyclic) bond motifs is 14. The normalized spacial score (nSPS) is 16.0. The van der Waals surface area contributed by atoms with Crippen molar-refractivity contribution in [2.24, 2.45) is 0 Å². The quantitative estimate of drug-likeness (QED) is 0.141. The number of hydrogen-bond donors (Lipinski definition) is 0. The molecule has 4 aliphatic heterocycles. The number of anilines is 2. The van der Waals surface area contributed by atoms with Gasteiger partial charge in [-0.15, -0.1) is 0 Å². The number of nitrogens with zero attached hydrogens (tertiary/aromatic N) is 1. The zero-order valence-corrected chi connectivity index (χ0v) is 37.2. The molecule has 4 heterocycles. The van der Waals surface area contributed by atoms with Crippen molar-refractivity contribution >= 4 is 74.8 Å². The number of benzene rings is 7. The van der Waals surface area contributed by atoms with Crippen LogP contribution in [0.25, 0.3) is 44.2 Å². The van der Waals surface area contributed by atoms with Gasteiger partial charge in [-0.05, 0) is 117 Å². The molecule has 7 aromatic carbocycles. The molecule has 0 atom stereocenters. The highest BCUT2D eigenvalue weighted by Gasteiger charge is 2.52. The van der Waals surface area contributed by atoms with Crippen molar-refractivity contribution in [1.29, 1.82) is 0 Å². The number of rotatable bonds is 0. The monoisotopic (exact) mass is 779 g/mol. The van der Waals surface area contributed by atoms with Crippen molar-refractivity contribution in [1.82, 2.24) is 0 Å². The van der Waals surface area contributed by atoms with Crippen molar-refractivity contribution in [2.45, 2.75) is 108 Å². The van der Waals surface area contributed by atoms with Crippen molar-refractivity contribution in [3.05, 3.63) is 137 Å². The minimum atomic E-state index is -0.0897. The average molecular weight is 780 g/mol. The molecule has 0 amide bonds. The van der Waals surface area contributed by atoms with E-state index in [4.69, 9.17) is 0 Å². The summed E-state index contributed by atoms with van der Waals surface area (Å²) in [7, 11) is 0. The Morgan fingerprint density at radius 1 is 0.492 bits per heavy atom. The lowest BCUT2D eigenvalue weighted by molar-refractivity contribution is 0.590. The molecule has 288 valence electrons. The van der Waals surface area contributed by atoms with Gasteiger partial charge >= 0.3 is 6.85 Å². The van der Waals surface area contributed by atoms with Gasteiger partial charge in [-0.25, -0.2) is 0 Å². The summed E-state index contributed by atoms with van der Waals surface area (Å²) in [5.74, 6) is 0. The lowest BCUT2D eigenvalue weighted by atomic mass is 9.31. The van der Waals surface area contributed by atoms with Crippen LogP contribution in [0.3, 0.4) is 0 Å². The van der Waals surface area contributed by atoms with E-state index in [1.807, 2.05) is 11.8 Å². The minimum absolute atomic E-state index is 0.0268. The standard InChI is InChI=1S/C55H51B2NS/c1-52(2,3)31-17-19-35-37-21-23-46-49-51(37)58-50-38(36-20-18-32(53(4,5)6)26-43(36)57(58)42(35)25-31)24-33(54(7,8)9)27-45(50)56(49)44-28-39-41(29-47(44)59-46)55(10,11)40-22-16-30-14-12-13-15-34(30)48(39)40/h12-29H,1-11H3. The fourth-order valence-electron chi connectivity index (χ4n) is 11.5. The molecule has 0 spiro atoms. The highest BCUT2D eigenvalue weighted by Crippen LogP contribution is 2.55. The van der Waals surface area contributed by atoms with Gasteiger partial charge in [0.1, 0.15) is 0 Å². The first-order chi connectivity index (χ1) is 27.9. The van der Waals surface area contributed by atoms with Crippen LogP contribution in [0.15, 0.2) is 119 Å². The molecule has 0 aromatic heterocycles. The van der Waals surface area contributed by atoms with Gasteiger partial charge in [-0.2, -0.15) is 0 Å². The number of hydrogen-bond acceptors (Lipinski definition) is 2. The predicted molar refractivity (Wildman–Crippen MR) is 257 cm³/mol. The minimum Gasteiger partial charge on any atom is -0.377 e. The van der Waals surface area contributed by atoms with Crippen LogP contribution >= 0.6 is 11.8 Å². The van der Waals surface area contributed by atoms with E-state index in [9.17, 15) is 0 Å².